The first-order chi connectivity index (χ1) is 7.90. The first-order valence-electron chi connectivity index (χ1n) is 5.31. The van der Waals surface area contributed by atoms with E-state index in [0.29, 0.717) is 12.3 Å². The van der Waals surface area contributed by atoms with Crippen molar-refractivity contribution in [2.24, 2.45) is 0 Å². The van der Waals surface area contributed by atoms with E-state index >= 15 is 0 Å². The molecule has 0 radical (unpaired) electrons. The van der Waals surface area contributed by atoms with Gasteiger partial charge in [-0.15, -0.1) is 11.6 Å². The smallest absolute Gasteiger partial charge is 0.252 e. The molecule has 0 aliphatic carbocycles. The fourth-order valence-electron chi connectivity index (χ4n) is 1.29. The molecular formula is C12H16ClNO3. The van der Waals surface area contributed by atoms with Crippen molar-refractivity contribution in [1.29, 1.82) is 0 Å². The zero-order chi connectivity index (χ0) is 13.1. The van der Waals surface area contributed by atoms with Crippen molar-refractivity contribution in [3.8, 4) is 11.5 Å². The van der Waals surface area contributed by atoms with Crippen LogP contribution in [-0.2, 0) is 0 Å². The number of carbonyl (C=O) groups excluding carboxylic acids is 1. The summed E-state index contributed by atoms with van der Waals surface area (Å²) < 4.78 is 0. The zero-order valence-electron chi connectivity index (χ0n) is 9.83. The molecule has 1 unspecified atom stereocenters. The molecule has 3 N–H and O–H groups in total. The Morgan fingerprint density at radius 2 is 1.88 bits per heavy atom. The molecular weight excluding hydrogens is 242 g/mol. The van der Waals surface area contributed by atoms with Crippen molar-refractivity contribution in [3.63, 3.8) is 0 Å². The van der Waals surface area contributed by atoms with Crippen LogP contribution in [0.4, 0.5) is 0 Å². The second-order valence-electron chi connectivity index (χ2n) is 4.24. The van der Waals surface area contributed by atoms with Crippen LogP contribution in [-0.4, -0.2) is 27.5 Å². The maximum atomic E-state index is 11.9. The lowest BCUT2D eigenvalue weighted by atomic mass is 10.0. The number of phenols is 2. The third-order valence-electron chi connectivity index (χ3n) is 2.66. The summed E-state index contributed by atoms with van der Waals surface area (Å²) in [6, 6.07) is 3.75. The van der Waals surface area contributed by atoms with Gasteiger partial charge in [0.15, 0.2) is 0 Å². The van der Waals surface area contributed by atoms with Gasteiger partial charge in [-0.25, -0.2) is 0 Å². The van der Waals surface area contributed by atoms with E-state index in [1.54, 1.807) is 0 Å². The Morgan fingerprint density at radius 1 is 1.35 bits per heavy atom. The number of phenolic OH excluding ortho intramolecular Hbond substituents is 2. The summed E-state index contributed by atoms with van der Waals surface area (Å²) in [5, 5.41) is 21.3. The highest BCUT2D eigenvalue weighted by Crippen LogP contribution is 2.21. The Labute approximate surface area is 105 Å². The lowest BCUT2D eigenvalue weighted by Gasteiger charge is -2.27. The van der Waals surface area contributed by atoms with Crippen molar-refractivity contribution >= 4 is 17.5 Å². The van der Waals surface area contributed by atoms with E-state index in [1.807, 2.05) is 13.8 Å². The van der Waals surface area contributed by atoms with Crippen LogP contribution in [0, 0.1) is 0 Å². The zero-order valence-corrected chi connectivity index (χ0v) is 10.6. The molecule has 0 spiro atoms. The molecule has 1 amide bonds. The number of carbonyl (C=O) groups is 1. The highest BCUT2D eigenvalue weighted by molar-refractivity contribution is 6.18. The van der Waals surface area contributed by atoms with Gasteiger partial charge in [0.05, 0.1) is 5.54 Å². The third kappa shape index (κ3) is 3.53. The largest absolute Gasteiger partial charge is 0.508 e. The molecule has 17 heavy (non-hydrogen) atoms. The molecule has 0 aromatic heterocycles. The summed E-state index contributed by atoms with van der Waals surface area (Å²) in [5.74, 6) is -0.389. The van der Waals surface area contributed by atoms with Crippen molar-refractivity contribution in [1.82, 2.24) is 5.32 Å². The van der Waals surface area contributed by atoms with Crippen LogP contribution in [0.1, 0.15) is 30.6 Å². The average Bonchev–Trinajstić information content (AvgIpc) is 2.27. The molecule has 1 rings (SSSR count). The molecule has 0 aliphatic heterocycles. The van der Waals surface area contributed by atoms with Gasteiger partial charge >= 0.3 is 0 Å². The number of halogens is 1. The monoisotopic (exact) mass is 257 g/mol. The molecule has 0 bridgehead atoms. The lowest BCUT2D eigenvalue weighted by molar-refractivity contribution is 0.0911. The van der Waals surface area contributed by atoms with Crippen LogP contribution < -0.4 is 5.32 Å². The van der Waals surface area contributed by atoms with Gasteiger partial charge in [-0.05, 0) is 25.5 Å². The minimum atomic E-state index is -0.500. The summed E-state index contributed by atoms with van der Waals surface area (Å²) in [4.78, 5) is 11.9. The third-order valence-corrected chi connectivity index (χ3v) is 3.25. The van der Waals surface area contributed by atoms with Gasteiger partial charge in [-0.1, -0.05) is 6.92 Å². The van der Waals surface area contributed by atoms with Crippen molar-refractivity contribution in [2.45, 2.75) is 25.8 Å². The summed E-state index contributed by atoms with van der Waals surface area (Å²) in [6.07, 6.45) is 0.688. The Morgan fingerprint density at radius 3 is 2.29 bits per heavy atom. The van der Waals surface area contributed by atoms with Crippen LogP contribution in [0.5, 0.6) is 11.5 Å². The quantitative estimate of drug-likeness (QED) is 0.725. The van der Waals surface area contributed by atoms with Gasteiger partial charge in [0.2, 0.25) is 0 Å². The number of nitrogens with one attached hydrogen (secondary N) is 1. The topological polar surface area (TPSA) is 69.6 Å². The maximum absolute atomic E-state index is 11.9. The van der Waals surface area contributed by atoms with Gasteiger partial charge in [0, 0.05) is 17.5 Å². The van der Waals surface area contributed by atoms with E-state index < -0.39 is 5.54 Å². The number of rotatable bonds is 4. The molecule has 0 saturated heterocycles. The molecule has 1 aromatic carbocycles. The number of hydrogen-bond acceptors (Lipinski definition) is 3. The second kappa shape index (κ2) is 5.27. The van der Waals surface area contributed by atoms with E-state index in [9.17, 15) is 15.0 Å². The van der Waals surface area contributed by atoms with E-state index in [2.05, 4.69) is 5.32 Å². The predicted octanol–water partition coefficient (Wildman–Crippen LogP) is 2.24. The Hall–Kier alpha value is -1.42. The number of aromatic hydroxyl groups is 2. The van der Waals surface area contributed by atoms with Crippen molar-refractivity contribution in [2.75, 3.05) is 5.88 Å². The molecule has 0 aliphatic rings. The molecule has 94 valence electrons. The summed E-state index contributed by atoms with van der Waals surface area (Å²) in [6.45, 7) is 3.75. The number of benzene rings is 1. The average molecular weight is 258 g/mol. The fraction of sp³-hybridized carbons (Fsp3) is 0.417. The Bertz CT molecular complexity index is 396. The van der Waals surface area contributed by atoms with E-state index in [4.69, 9.17) is 11.6 Å². The van der Waals surface area contributed by atoms with Gasteiger partial charge in [0.25, 0.3) is 5.91 Å². The second-order valence-corrected chi connectivity index (χ2v) is 4.51. The number of alkyl halides is 1. The van der Waals surface area contributed by atoms with Crippen molar-refractivity contribution < 1.29 is 15.0 Å². The molecule has 1 atom stereocenters. The predicted molar refractivity (Wildman–Crippen MR) is 66.7 cm³/mol. The number of amides is 1. The minimum absolute atomic E-state index is 0.153. The fourth-order valence-corrected chi connectivity index (χ4v) is 1.54. The van der Waals surface area contributed by atoms with Gasteiger partial charge in [-0.3, -0.25) is 4.79 Å². The molecule has 0 saturated carbocycles. The Kier molecular flexibility index (Phi) is 4.23. The molecule has 4 nitrogen and oxygen atoms in total. The van der Waals surface area contributed by atoms with Crippen LogP contribution in [0.15, 0.2) is 18.2 Å². The minimum Gasteiger partial charge on any atom is -0.508 e. The summed E-state index contributed by atoms with van der Waals surface area (Å²) in [7, 11) is 0. The van der Waals surface area contributed by atoms with Crippen LogP contribution in [0.2, 0.25) is 0 Å². The molecule has 5 heteroatoms. The first kappa shape index (κ1) is 13.6. The van der Waals surface area contributed by atoms with Crippen LogP contribution in [0.3, 0.4) is 0 Å². The normalized spacial score (nSPS) is 14.1. The van der Waals surface area contributed by atoms with E-state index in [1.165, 1.54) is 12.1 Å². The number of hydrogen-bond donors (Lipinski definition) is 3. The highest BCUT2D eigenvalue weighted by atomic mass is 35.5. The Balaban J connectivity index is 2.90. The standard InChI is InChI=1S/C12H16ClNO3/c1-3-12(2,7-13)14-11(17)8-4-9(15)6-10(16)5-8/h4-6,15-16H,3,7H2,1-2H3,(H,14,17). The summed E-state index contributed by atoms with van der Waals surface area (Å²) >= 11 is 5.79. The highest BCUT2D eigenvalue weighted by Gasteiger charge is 2.24. The van der Waals surface area contributed by atoms with Crippen LogP contribution >= 0.6 is 11.6 Å². The molecule has 0 heterocycles. The molecule has 1 aromatic rings. The van der Waals surface area contributed by atoms with Gasteiger partial charge in [-0.2, -0.15) is 0 Å². The SMILES string of the molecule is CCC(C)(CCl)NC(=O)c1cc(O)cc(O)c1. The van der Waals surface area contributed by atoms with Gasteiger partial charge in [0.1, 0.15) is 11.5 Å². The maximum Gasteiger partial charge on any atom is 0.252 e. The lowest BCUT2D eigenvalue weighted by Crippen LogP contribution is -2.47. The van der Waals surface area contributed by atoms with Crippen LogP contribution in [0.25, 0.3) is 0 Å². The van der Waals surface area contributed by atoms with Gasteiger partial charge < -0.3 is 15.5 Å². The molecule has 0 fully saturated rings. The van der Waals surface area contributed by atoms with E-state index in [0.717, 1.165) is 6.07 Å². The summed E-state index contributed by atoms with van der Waals surface area (Å²) in [5.41, 5.74) is -0.299. The van der Waals surface area contributed by atoms with E-state index in [-0.39, 0.29) is 23.0 Å². The first-order valence-corrected chi connectivity index (χ1v) is 5.85. The van der Waals surface area contributed by atoms with Crippen molar-refractivity contribution in [3.05, 3.63) is 23.8 Å².